The first kappa shape index (κ1) is 14.1. The van der Waals surface area contributed by atoms with Gasteiger partial charge in [0.1, 0.15) is 11.5 Å². The predicted octanol–water partition coefficient (Wildman–Crippen LogP) is 3.53. The molecular formula is C16H17NO3. The maximum absolute atomic E-state index is 10.0. The Balaban J connectivity index is 2.13. The standard InChI is InChI=1S/C16H17NO3/c1-2-19-16(17)15(18)12-7-6-10-14(11-12)20-13-8-4-3-5-9-13/h3-11,15,17-18H,2H2,1H3/t15-/m1/s1. The summed E-state index contributed by atoms with van der Waals surface area (Å²) in [6, 6.07) is 16.4. The monoisotopic (exact) mass is 271 g/mol. The number of para-hydroxylation sites is 1. The number of ether oxygens (including phenoxy) is 2. The summed E-state index contributed by atoms with van der Waals surface area (Å²) in [5.41, 5.74) is 0.567. The zero-order valence-electron chi connectivity index (χ0n) is 11.2. The molecule has 0 bridgehead atoms. The van der Waals surface area contributed by atoms with E-state index in [1.807, 2.05) is 30.3 Å². The number of rotatable bonds is 5. The fraction of sp³-hybridized carbons (Fsp3) is 0.188. The third-order valence-electron chi connectivity index (χ3n) is 2.70. The minimum atomic E-state index is -1.07. The largest absolute Gasteiger partial charge is 0.479 e. The second-order valence-electron chi connectivity index (χ2n) is 4.19. The van der Waals surface area contributed by atoms with E-state index >= 15 is 0 Å². The second-order valence-corrected chi connectivity index (χ2v) is 4.19. The third-order valence-corrected chi connectivity index (χ3v) is 2.70. The van der Waals surface area contributed by atoms with E-state index in [0.717, 1.165) is 5.75 Å². The predicted molar refractivity (Wildman–Crippen MR) is 77.3 cm³/mol. The molecule has 0 saturated heterocycles. The van der Waals surface area contributed by atoms with E-state index in [1.54, 1.807) is 31.2 Å². The summed E-state index contributed by atoms with van der Waals surface area (Å²) in [7, 11) is 0. The average Bonchev–Trinajstić information content (AvgIpc) is 2.48. The quantitative estimate of drug-likeness (QED) is 0.646. The lowest BCUT2D eigenvalue weighted by Gasteiger charge is -2.14. The van der Waals surface area contributed by atoms with Gasteiger partial charge in [-0.25, -0.2) is 0 Å². The van der Waals surface area contributed by atoms with Crippen LogP contribution in [0.2, 0.25) is 0 Å². The van der Waals surface area contributed by atoms with Crippen LogP contribution in [0, 0.1) is 5.41 Å². The van der Waals surface area contributed by atoms with Crippen LogP contribution < -0.4 is 4.74 Å². The van der Waals surface area contributed by atoms with Gasteiger partial charge >= 0.3 is 0 Å². The molecular weight excluding hydrogens is 254 g/mol. The molecule has 0 radical (unpaired) electrons. The minimum Gasteiger partial charge on any atom is -0.479 e. The highest BCUT2D eigenvalue weighted by atomic mass is 16.5. The van der Waals surface area contributed by atoms with Crippen molar-refractivity contribution in [2.75, 3.05) is 6.61 Å². The van der Waals surface area contributed by atoms with Gasteiger partial charge in [0.15, 0.2) is 6.10 Å². The van der Waals surface area contributed by atoms with E-state index in [0.29, 0.717) is 17.9 Å². The topological polar surface area (TPSA) is 62.5 Å². The van der Waals surface area contributed by atoms with Gasteiger partial charge in [-0.15, -0.1) is 0 Å². The van der Waals surface area contributed by atoms with Crippen molar-refractivity contribution in [3.8, 4) is 11.5 Å². The normalized spacial score (nSPS) is 11.7. The Kier molecular flexibility index (Phi) is 4.74. The summed E-state index contributed by atoms with van der Waals surface area (Å²) >= 11 is 0. The van der Waals surface area contributed by atoms with E-state index in [-0.39, 0.29) is 5.90 Å². The van der Waals surface area contributed by atoms with Crippen LogP contribution in [0.15, 0.2) is 54.6 Å². The molecule has 0 saturated carbocycles. The van der Waals surface area contributed by atoms with E-state index in [2.05, 4.69) is 0 Å². The molecule has 2 aromatic rings. The maximum atomic E-state index is 10.0. The van der Waals surface area contributed by atoms with Gasteiger partial charge in [0.05, 0.1) is 6.61 Å². The number of benzene rings is 2. The Hall–Kier alpha value is -2.33. The molecule has 2 N–H and O–H groups in total. The van der Waals surface area contributed by atoms with Crippen molar-refractivity contribution in [2.24, 2.45) is 0 Å². The number of hydrogen-bond acceptors (Lipinski definition) is 4. The fourth-order valence-electron chi connectivity index (χ4n) is 1.76. The van der Waals surface area contributed by atoms with Crippen LogP contribution in [-0.2, 0) is 4.74 Å². The van der Waals surface area contributed by atoms with E-state index in [9.17, 15) is 5.11 Å². The molecule has 0 fully saturated rings. The van der Waals surface area contributed by atoms with Crippen LogP contribution in [-0.4, -0.2) is 17.6 Å². The van der Waals surface area contributed by atoms with Crippen molar-refractivity contribution >= 4 is 5.90 Å². The van der Waals surface area contributed by atoms with Crippen molar-refractivity contribution < 1.29 is 14.6 Å². The molecule has 0 aliphatic rings. The first-order chi connectivity index (χ1) is 9.70. The lowest BCUT2D eigenvalue weighted by molar-refractivity contribution is 0.190. The van der Waals surface area contributed by atoms with Gasteiger partial charge in [0.25, 0.3) is 0 Å². The minimum absolute atomic E-state index is 0.163. The summed E-state index contributed by atoms with van der Waals surface area (Å²) in [5.74, 6) is 1.17. The van der Waals surface area contributed by atoms with Gasteiger partial charge in [-0.2, -0.15) is 0 Å². The van der Waals surface area contributed by atoms with Crippen LogP contribution in [0.3, 0.4) is 0 Å². The fourth-order valence-corrected chi connectivity index (χ4v) is 1.76. The molecule has 0 amide bonds. The molecule has 0 aromatic heterocycles. The first-order valence-corrected chi connectivity index (χ1v) is 6.43. The lowest BCUT2D eigenvalue weighted by atomic mass is 10.1. The Bertz CT molecular complexity index is 569. The van der Waals surface area contributed by atoms with Crippen molar-refractivity contribution in [1.29, 1.82) is 5.41 Å². The summed E-state index contributed by atoms with van der Waals surface area (Å²) in [6.45, 7) is 2.13. The Morgan fingerprint density at radius 1 is 1.10 bits per heavy atom. The van der Waals surface area contributed by atoms with Crippen molar-refractivity contribution in [3.05, 3.63) is 60.2 Å². The molecule has 4 nitrogen and oxygen atoms in total. The Morgan fingerprint density at radius 2 is 1.80 bits per heavy atom. The highest BCUT2D eigenvalue weighted by molar-refractivity contribution is 5.79. The average molecular weight is 271 g/mol. The summed E-state index contributed by atoms with van der Waals surface area (Å²) < 4.78 is 10.7. The first-order valence-electron chi connectivity index (χ1n) is 6.43. The van der Waals surface area contributed by atoms with E-state index in [1.165, 1.54) is 0 Å². The Labute approximate surface area is 118 Å². The molecule has 0 aliphatic heterocycles. The Morgan fingerprint density at radius 3 is 2.50 bits per heavy atom. The molecule has 0 spiro atoms. The number of nitrogens with one attached hydrogen (secondary N) is 1. The highest BCUT2D eigenvalue weighted by Gasteiger charge is 2.15. The third kappa shape index (κ3) is 3.59. The van der Waals surface area contributed by atoms with Crippen LogP contribution >= 0.6 is 0 Å². The van der Waals surface area contributed by atoms with Gasteiger partial charge in [-0.05, 0) is 36.8 Å². The van der Waals surface area contributed by atoms with Gasteiger partial charge in [-0.3, -0.25) is 5.41 Å². The molecule has 4 heteroatoms. The molecule has 104 valence electrons. The SMILES string of the molecule is CCOC(=N)[C@H](O)c1cccc(Oc2ccccc2)c1. The van der Waals surface area contributed by atoms with Crippen molar-refractivity contribution in [2.45, 2.75) is 13.0 Å². The van der Waals surface area contributed by atoms with Crippen LogP contribution in [0.25, 0.3) is 0 Å². The number of aliphatic hydroxyl groups excluding tert-OH is 1. The molecule has 0 aliphatic carbocycles. The summed E-state index contributed by atoms with van der Waals surface area (Å²) in [4.78, 5) is 0. The zero-order valence-corrected chi connectivity index (χ0v) is 11.2. The summed E-state index contributed by atoms with van der Waals surface area (Å²) in [6.07, 6.45) is -1.07. The second kappa shape index (κ2) is 6.73. The van der Waals surface area contributed by atoms with E-state index in [4.69, 9.17) is 14.9 Å². The van der Waals surface area contributed by atoms with E-state index < -0.39 is 6.10 Å². The summed E-state index contributed by atoms with van der Waals surface area (Å²) in [5, 5.41) is 17.6. The number of hydrogen-bond donors (Lipinski definition) is 2. The van der Waals surface area contributed by atoms with Crippen LogP contribution in [0.1, 0.15) is 18.6 Å². The zero-order chi connectivity index (χ0) is 14.4. The van der Waals surface area contributed by atoms with Crippen LogP contribution in [0.4, 0.5) is 0 Å². The molecule has 2 rings (SSSR count). The van der Waals surface area contributed by atoms with Gasteiger partial charge < -0.3 is 14.6 Å². The van der Waals surface area contributed by atoms with Crippen molar-refractivity contribution in [3.63, 3.8) is 0 Å². The smallest absolute Gasteiger partial charge is 0.214 e. The maximum Gasteiger partial charge on any atom is 0.214 e. The van der Waals surface area contributed by atoms with Gasteiger partial charge in [0, 0.05) is 0 Å². The highest BCUT2D eigenvalue weighted by Crippen LogP contribution is 2.25. The molecule has 1 atom stereocenters. The molecule has 2 aromatic carbocycles. The van der Waals surface area contributed by atoms with Gasteiger partial charge in [-0.1, -0.05) is 30.3 Å². The molecule has 0 heterocycles. The van der Waals surface area contributed by atoms with Crippen molar-refractivity contribution in [1.82, 2.24) is 0 Å². The number of aliphatic hydroxyl groups is 1. The van der Waals surface area contributed by atoms with Crippen LogP contribution in [0.5, 0.6) is 11.5 Å². The van der Waals surface area contributed by atoms with Gasteiger partial charge in [0.2, 0.25) is 5.90 Å². The lowest BCUT2D eigenvalue weighted by Crippen LogP contribution is -2.14. The molecule has 20 heavy (non-hydrogen) atoms. The molecule has 0 unspecified atom stereocenters.